The van der Waals surface area contributed by atoms with Crippen molar-refractivity contribution in [3.8, 4) is 0 Å². The van der Waals surface area contributed by atoms with Crippen LogP contribution in [-0.2, 0) is 0 Å². The SMILES string of the molecule is Cc1ccc(Br)c(C(NN)c2cc(Cl)ccc2Cl)c1. The van der Waals surface area contributed by atoms with Gasteiger partial charge in [0.2, 0.25) is 0 Å². The number of rotatable bonds is 3. The molecule has 2 aromatic rings. The second-order valence-corrected chi connectivity index (χ2v) is 5.99. The fraction of sp³-hybridized carbons (Fsp3) is 0.143. The zero-order chi connectivity index (χ0) is 14.0. The number of hydrogen-bond acceptors (Lipinski definition) is 2. The lowest BCUT2D eigenvalue weighted by Crippen LogP contribution is -2.29. The van der Waals surface area contributed by atoms with Gasteiger partial charge in [-0.15, -0.1) is 0 Å². The van der Waals surface area contributed by atoms with Gasteiger partial charge < -0.3 is 0 Å². The minimum absolute atomic E-state index is 0.222. The van der Waals surface area contributed by atoms with Crippen LogP contribution >= 0.6 is 39.1 Å². The molecule has 0 aliphatic carbocycles. The smallest absolute Gasteiger partial charge is 0.0736 e. The van der Waals surface area contributed by atoms with Gasteiger partial charge >= 0.3 is 0 Å². The van der Waals surface area contributed by atoms with Crippen LogP contribution in [0.1, 0.15) is 22.7 Å². The Hall–Kier alpha value is -0.580. The molecular weight excluding hydrogens is 347 g/mol. The van der Waals surface area contributed by atoms with Gasteiger partial charge in [0.25, 0.3) is 0 Å². The zero-order valence-electron chi connectivity index (χ0n) is 10.3. The highest BCUT2D eigenvalue weighted by atomic mass is 79.9. The van der Waals surface area contributed by atoms with Crippen LogP contribution in [0.4, 0.5) is 0 Å². The number of hydrogen-bond donors (Lipinski definition) is 2. The maximum absolute atomic E-state index is 6.24. The summed E-state index contributed by atoms with van der Waals surface area (Å²) < 4.78 is 0.970. The van der Waals surface area contributed by atoms with Gasteiger partial charge in [0.15, 0.2) is 0 Å². The van der Waals surface area contributed by atoms with E-state index >= 15 is 0 Å². The Kier molecular flexibility index (Phi) is 4.87. The molecule has 0 spiro atoms. The van der Waals surface area contributed by atoms with Crippen LogP contribution in [0.25, 0.3) is 0 Å². The molecule has 2 nitrogen and oxygen atoms in total. The first-order valence-corrected chi connectivity index (χ1v) is 7.25. The zero-order valence-corrected chi connectivity index (χ0v) is 13.4. The number of nitrogens with two attached hydrogens (primary N) is 1. The third kappa shape index (κ3) is 3.30. The molecule has 1 unspecified atom stereocenters. The van der Waals surface area contributed by atoms with E-state index in [-0.39, 0.29) is 6.04 Å². The molecule has 100 valence electrons. The van der Waals surface area contributed by atoms with E-state index in [4.69, 9.17) is 29.0 Å². The lowest BCUT2D eigenvalue weighted by Gasteiger charge is -2.20. The molecule has 19 heavy (non-hydrogen) atoms. The van der Waals surface area contributed by atoms with E-state index in [1.165, 1.54) is 0 Å². The van der Waals surface area contributed by atoms with Crippen LogP contribution in [0.5, 0.6) is 0 Å². The lowest BCUT2D eigenvalue weighted by molar-refractivity contribution is 0.634. The second-order valence-electron chi connectivity index (χ2n) is 4.29. The van der Waals surface area contributed by atoms with Crippen molar-refractivity contribution < 1.29 is 0 Å². The van der Waals surface area contributed by atoms with Crippen LogP contribution in [0.2, 0.25) is 10.0 Å². The van der Waals surface area contributed by atoms with Crippen molar-refractivity contribution in [2.45, 2.75) is 13.0 Å². The molecule has 0 radical (unpaired) electrons. The Balaban J connectivity index is 2.55. The van der Waals surface area contributed by atoms with Gasteiger partial charge in [0.1, 0.15) is 0 Å². The first-order chi connectivity index (χ1) is 9.02. The highest BCUT2D eigenvalue weighted by Gasteiger charge is 2.18. The molecule has 2 rings (SSSR count). The largest absolute Gasteiger partial charge is 0.271 e. The molecule has 0 saturated carbocycles. The first-order valence-electron chi connectivity index (χ1n) is 5.70. The molecule has 0 aliphatic heterocycles. The molecule has 0 aromatic heterocycles. The molecule has 0 aliphatic rings. The summed E-state index contributed by atoms with van der Waals surface area (Å²) in [5.41, 5.74) is 5.82. The number of hydrazine groups is 1. The minimum Gasteiger partial charge on any atom is -0.271 e. The van der Waals surface area contributed by atoms with Gasteiger partial charge in [-0.3, -0.25) is 5.84 Å². The van der Waals surface area contributed by atoms with E-state index in [1.54, 1.807) is 12.1 Å². The van der Waals surface area contributed by atoms with Gasteiger partial charge in [-0.2, -0.15) is 0 Å². The van der Waals surface area contributed by atoms with Crippen LogP contribution in [0.3, 0.4) is 0 Å². The molecule has 1 atom stereocenters. The van der Waals surface area contributed by atoms with Crippen molar-refractivity contribution in [3.05, 3.63) is 67.6 Å². The first kappa shape index (κ1) is 14.8. The van der Waals surface area contributed by atoms with Crippen molar-refractivity contribution in [2.24, 2.45) is 5.84 Å². The monoisotopic (exact) mass is 358 g/mol. The van der Waals surface area contributed by atoms with Gasteiger partial charge in [0.05, 0.1) is 6.04 Å². The van der Waals surface area contributed by atoms with E-state index in [1.807, 2.05) is 25.1 Å². The molecular formula is C14H13BrCl2N2. The predicted molar refractivity (Wildman–Crippen MR) is 84.5 cm³/mol. The van der Waals surface area contributed by atoms with Gasteiger partial charge in [-0.05, 0) is 42.3 Å². The fourth-order valence-corrected chi connectivity index (χ4v) is 2.85. The van der Waals surface area contributed by atoms with Crippen molar-refractivity contribution in [3.63, 3.8) is 0 Å². The van der Waals surface area contributed by atoms with Gasteiger partial charge in [-0.25, -0.2) is 5.43 Å². The van der Waals surface area contributed by atoms with E-state index in [2.05, 4.69) is 27.4 Å². The summed E-state index contributed by atoms with van der Waals surface area (Å²) in [6.45, 7) is 2.03. The topological polar surface area (TPSA) is 38.0 Å². The highest BCUT2D eigenvalue weighted by molar-refractivity contribution is 9.10. The summed E-state index contributed by atoms with van der Waals surface area (Å²) in [7, 11) is 0. The summed E-state index contributed by atoms with van der Waals surface area (Å²) in [5.74, 6) is 5.70. The van der Waals surface area contributed by atoms with Crippen LogP contribution in [0, 0.1) is 6.92 Å². The molecule has 0 saturated heterocycles. The molecule has 0 bridgehead atoms. The second kappa shape index (κ2) is 6.25. The maximum Gasteiger partial charge on any atom is 0.0736 e. The Labute approximate surface area is 131 Å². The molecule has 5 heteroatoms. The average molecular weight is 360 g/mol. The summed E-state index contributed by atoms with van der Waals surface area (Å²) in [6.07, 6.45) is 0. The summed E-state index contributed by atoms with van der Waals surface area (Å²) in [6, 6.07) is 11.2. The van der Waals surface area contributed by atoms with Crippen LogP contribution in [-0.4, -0.2) is 0 Å². The minimum atomic E-state index is -0.222. The van der Waals surface area contributed by atoms with E-state index in [0.717, 1.165) is 21.2 Å². The maximum atomic E-state index is 6.24. The molecule has 3 N–H and O–H groups in total. The summed E-state index contributed by atoms with van der Waals surface area (Å²) in [4.78, 5) is 0. The molecule has 0 amide bonds. The number of halogens is 3. The van der Waals surface area contributed by atoms with Crippen molar-refractivity contribution in [1.29, 1.82) is 0 Å². The Morgan fingerprint density at radius 1 is 1.11 bits per heavy atom. The Morgan fingerprint density at radius 2 is 1.84 bits per heavy atom. The summed E-state index contributed by atoms with van der Waals surface area (Å²) >= 11 is 15.8. The molecule has 0 heterocycles. The van der Waals surface area contributed by atoms with Crippen LogP contribution < -0.4 is 11.3 Å². The third-order valence-corrected chi connectivity index (χ3v) is 4.20. The van der Waals surface area contributed by atoms with Gasteiger partial charge in [0, 0.05) is 14.5 Å². The Bertz CT molecular complexity index is 550. The van der Waals surface area contributed by atoms with Crippen molar-refractivity contribution in [1.82, 2.24) is 5.43 Å². The fourth-order valence-electron chi connectivity index (χ4n) is 1.97. The molecule has 2 aromatic carbocycles. The standard InChI is InChI=1S/C14H13BrCl2N2/c1-8-2-4-12(15)10(6-8)14(19-18)11-7-9(16)3-5-13(11)17/h2-7,14,19H,18H2,1H3. The lowest BCUT2D eigenvalue weighted by atomic mass is 9.98. The Morgan fingerprint density at radius 3 is 2.53 bits per heavy atom. The van der Waals surface area contributed by atoms with Crippen molar-refractivity contribution >= 4 is 39.1 Å². The number of benzene rings is 2. The number of aryl methyl sites for hydroxylation is 1. The van der Waals surface area contributed by atoms with Crippen molar-refractivity contribution in [2.75, 3.05) is 0 Å². The van der Waals surface area contributed by atoms with Gasteiger partial charge in [-0.1, -0.05) is 56.8 Å². The number of nitrogens with one attached hydrogen (secondary N) is 1. The average Bonchev–Trinajstić information content (AvgIpc) is 2.38. The molecule has 0 fully saturated rings. The normalized spacial score (nSPS) is 12.5. The predicted octanol–water partition coefficient (Wildman–Crippen LogP) is 4.62. The van der Waals surface area contributed by atoms with E-state index in [9.17, 15) is 0 Å². The van der Waals surface area contributed by atoms with Crippen LogP contribution in [0.15, 0.2) is 40.9 Å². The van der Waals surface area contributed by atoms with E-state index < -0.39 is 0 Å². The highest BCUT2D eigenvalue weighted by Crippen LogP contribution is 2.34. The summed E-state index contributed by atoms with van der Waals surface area (Å²) in [5, 5.41) is 1.25. The quantitative estimate of drug-likeness (QED) is 0.620. The van der Waals surface area contributed by atoms with E-state index in [0.29, 0.717) is 10.0 Å². The third-order valence-electron chi connectivity index (χ3n) is 2.90.